The summed E-state index contributed by atoms with van der Waals surface area (Å²) in [4.78, 5) is 22.4. The summed E-state index contributed by atoms with van der Waals surface area (Å²) >= 11 is 0. The van der Waals surface area contributed by atoms with Crippen molar-refractivity contribution < 1.29 is 14.7 Å². The van der Waals surface area contributed by atoms with Crippen LogP contribution < -0.4 is 10.6 Å². The fourth-order valence-electron chi connectivity index (χ4n) is 1.10. The monoisotopic (exact) mass is 236 g/mol. The molecule has 5 nitrogen and oxygen atoms in total. The highest BCUT2D eigenvalue weighted by atomic mass is 16.4. The van der Waals surface area contributed by atoms with Crippen LogP contribution in [0, 0.1) is 0 Å². The van der Waals surface area contributed by atoms with Gasteiger partial charge in [0.25, 0.3) is 0 Å². The molecule has 0 aliphatic rings. The number of hydrogen-bond donors (Lipinski definition) is 3. The minimum Gasteiger partial charge on any atom is -0.478 e. The van der Waals surface area contributed by atoms with E-state index in [1.807, 2.05) is 0 Å². The van der Waals surface area contributed by atoms with Crippen LogP contribution in [0.15, 0.2) is 24.3 Å². The van der Waals surface area contributed by atoms with Crippen molar-refractivity contribution in [2.45, 2.75) is 19.4 Å². The molecule has 1 rings (SSSR count). The zero-order valence-corrected chi connectivity index (χ0v) is 10.1. The molecule has 0 aromatic heterocycles. The lowest BCUT2D eigenvalue weighted by Crippen LogP contribution is -2.47. The van der Waals surface area contributed by atoms with Gasteiger partial charge in [0.1, 0.15) is 0 Å². The van der Waals surface area contributed by atoms with Gasteiger partial charge in [0.2, 0.25) is 5.91 Å². The summed E-state index contributed by atoms with van der Waals surface area (Å²) in [5.74, 6) is -1.17. The third-order valence-electron chi connectivity index (χ3n) is 2.58. The van der Waals surface area contributed by atoms with Gasteiger partial charge in [0, 0.05) is 5.69 Å². The van der Waals surface area contributed by atoms with Gasteiger partial charge in [-0.3, -0.25) is 4.79 Å². The van der Waals surface area contributed by atoms with Crippen LogP contribution in [0.5, 0.6) is 0 Å². The van der Waals surface area contributed by atoms with Crippen molar-refractivity contribution in [3.8, 4) is 0 Å². The third-order valence-corrected chi connectivity index (χ3v) is 2.58. The molecule has 0 aliphatic heterocycles. The van der Waals surface area contributed by atoms with E-state index in [0.29, 0.717) is 5.69 Å². The smallest absolute Gasteiger partial charge is 0.335 e. The van der Waals surface area contributed by atoms with E-state index in [2.05, 4.69) is 10.6 Å². The molecule has 0 saturated carbocycles. The van der Waals surface area contributed by atoms with E-state index >= 15 is 0 Å². The Bertz CT molecular complexity index is 424. The van der Waals surface area contributed by atoms with Gasteiger partial charge in [-0.25, -0.2) is 4.79 Å². The summed E-state index contributed by atoms with van der Waals surface area (Å²) in [6, 6.07) is 6.02. The second-order valence-corrected chi connectivity index (χ2v) is 4.21. The van der Waals surface area contributed by atoms with Crippen LogP contribution in [0.3, 0.4) is 0 Å². The van der Waals surface area contributed by atoms with E-state index in [1.54, 1.807) is 33.0 Å². The number of likely N-dealkylation sites (N-methyl/N-ethyl adjacent to an activating group) is 1. The molecule has 0 radical (unpaired) electrons. The van der Waals surface area contributed by atoms with Gasteiger partial charge in [0.05, 0.1) is 11.1 Å². The molecular formula is C12H16N2O3. The number of benzene rings is 1. The number of carboxylic acid groups (broad SMARTS) is 1. The average Bonchev–Trinajstić information content (AvgIpc) is 2.29. The lowest BCUT2D eigenvalue weighted by Gasteiger charge is -2.22. The molecule has 92 valence electrons. The molecule has 0 heterocycles. The lowest BCUT2D eigenvalue weighted by molar-refractivity contribution is -0.121. The first-order chi connectivity index (χ1) is 7.86. The summed E-state index contributed by atoms with van der Waals surface area (Å²) in [5, 5.41) is 14.3. The second-order valence-electron chi connectivity index (χ2n) is 4.21. The maximum atomic E-state index is 11.8. The van der Waals surface area contributed by atoms with E-state index in [1.165, 1.54) is 12.1 Å². The van der Waals surface area contributed by atoms with Gasteiger partial charge >= 0.3 is 5.97 Å². The number of nitrogens with one attached hydrogen (secondary N) is 2. The Morgan fingerprint density at radius 1 is 1.18 bits per heavy atom. The van der Waals surface area contributed by atoms with Crippen LogP contribution >= 0.6 is 0 Å². The molecule has 0 fully saturated rings. The van der Waals surface area contributed by atoms with E-state index in [4.69, 9.17) is 5.11 Å². The molecule has 0 unspecified atom stereocenters. The fraction of sp³-hybridized carbons (Fsp3) is 0.333. The van der Waals surface area contributed by atoms with Gasteiger partial charge in [-0.15, -0.1) is 0 Å². The number of carbonyl (C=O) groups excluding carboxylic acids is 1. The zero-order chi connectivity index (χ0) is 13.1. The highest BCUT2D eigenvalue weighted by Crippen LogP contribution is 2.12. The summed E-state index contributed by atoms with van der Waals surface area (Å²) in [7, 11) is 1.70. The van der Waals surface area contributed by atoms with Crippen molar-refractivity contribution in [2.75, 3.05) is 12.4 Å². The Hall–Kier alpha value is -1.88. The highest BCUT2D eigenvalue weighted by molar-refractivity contribution is 5.98. The SMILES string of the molecule is CNC(C)(C)C(=O)Nc1ccc(C(=O)O)cc1. The number of carboxylic acids is 1. The Labute approximate surface area is 99.8 Å². The molecule has 1 amide bonds. The van der Waals surface area contributed by atoms with Gasteiger partial charge < -0.3 is 15.7 Å². The summed E-state index contributed by atoms with van der Waals surface area (Å²) < 4.78 is 0. The van der Waals surface area contributed by atoms with Crippen molar-refractivity contribution in [3.63, 3.8) is 0 Å². The minimum absolute atomic E-state index is 0.178. The van der Waals surface area contributed by atoms with Crippen LogP contribution in [-0.4, -0.2) is 29.6 Å². The Morgan fingerprint density at radius 3 is 2.12 bits per heavy atom. The molecule has 0 bridgehead atoms. The highest BCUT2D eigenvalue weighted by Gasteiger charge is 2.24. The van der Waals surface area contributed by atoms with Crippen LogP contribution in [-0.2, 0) is 4.79 Å². The van der Waals surface area contributed by atoms with Gasteiger partial charge in [-0.1, -0.05) is 0 Å². The molecule has 1 aromatic rings. The molecule has 3 N–H and O–H groups in total. The average molecular weight is 236 g/mol. The van der Waals surface area contributed by atoms with Crippen LogP contribution in [0.1, 0.15) is 24.2 Å². The first kappa shape index (κ1) is 13.2. The predicted molar refractivity (Wildman–Crippen MR) is 65.2 cm³/mol. The minimum atomic E-state index is -0.988. The van der Waals surface area contributed by atoms with Crippen molar-refractivity contribution in [1.82, 2.24) is 5.32 Å². The van der Waals surface area contributed by atoms with E-state index in [-0.39, 0.29) is 11.5 Å². The van der Waals surface area contributed by atoms with Crippen LogP contribution in [0.4, 0.5) is 5.69 Å². The van der Waals surface area contributed by atoms with Crippen molar-refractivity contribution in [3.05, 3.63) is 29.8 Å². The van der Waals surface area contributed by atoms with Gasteiger partial charge in [-0.05, 0) is 45.2 Å². The third kappa shape index (κ3) is 3.29. The van der Waals surface area contributed by atoms with E-state index in [0.717, 1.165) is 0 Å². The quantitative estimate of drug-likeness (QED) is 0.736. The van der Waals surface area contributed by atoms with E-state index < -0.39 is 11.5 Å². The molecule has 0 atom stereocenters. The molecule has 1 aromatic carbocycles. The lowest BCUT2D eigenvalue weighted by atomic mass is 10.1. The predicted octanol–water partition coefficient (Wildman–Crippen LogP) is 1.32. The molecular weight excluding hydrogens is 220 g/mol. The number of carbonyl (C=O) groups is 2. The molecule has 5 heteroatoms. The molecule has 0 saturated heterocycles. The number of aromatic carboxylic acids is 1. The van der Waals surface area contributed by atoms with Crippen LogP contribution in [0.25, 0.3) is 0 Å². The number of hydrogen-bond acceptors (Lipinski definition) is 3. The largest absolute Gasteiger partial charge is 0.478 e. The second kappa shape index (κ2) is 4.97. The van der Waals surface area contributed by atoms with Crippen LogP contribution in [0.2, 0.25) is 0 Å². The first-order valence-electron chi connectivity index (χ1n) is 5.20. The molecule has 0 spiro atoms. The standard InChI is InChI=1S/C12H16N2O3/c1-12(2,13-3)11(17)14-9-6-4-8(5-7-9)10(15)16/h4-7,13H,1-3H3,(H,14,17)(H,15,16). The Balaban J connectivity index is 2.76. The maximum Gasteiger partial charge on any atom is 0.335 e. The van der Waals surface area contributed by atoms with Gasteiger partial charge in [-0.2, -0.15) is 0 Å². The first-order valence-corrected chi connectivity index (χ1v) is 5.20. The summed E-state index contributed by atoms with van der Waals surface area (Å²) in [6.07, 6.45) is 0. The maximum absolute atomic E-state index is 11.8. The number of anilines is 1. The zero-order valence-electron chi connectivity index (χ0n) is 10.1. The fourth-order valence-corrected chi connectivity index (χ4v) is 1.10. The summed E-state index contributed by atoms with van der Waals surface area (Å²) in [5.41, 5.74) is 0.0880. The Kier molecular flexibility index (Phi) is 3.85. The number of amides is 1. The van der Waals surface area contributed by atoms with Crippen molar-refractivity contribution >= 4 is 17.6 Å². The molecule has 0 aliphatic carbocycles. The molecule has 17 heavy (non-hydrogen) atoms. The Morgan fingerprint density at radius 2 is 1.71 bits per heavy atom. The number of rotatable bonds is 4. The van der Waals surface area contributed by atoms with Crippen molar-refractivity contribution in [2.24, 2.45) is 0 Å². The van der Waals surface area contributed by atoms with Crippen molar-refractivity contribution in [1.29, 1.82) is 0 Å². The van der Waals surface area contributed by atoms with E-state index in [9.17, 15) is 9.59 Å². The topological polar surface area (TPSA) is 78.4 Å². The summed E-state index contributed by atoms with van der Waals surface area (Å²) in [6.45, 7) is 3.52. The normalized spacial score (nSPS) is 11.0. The van der Waals surface area contributed by atoms with Gasteiger partial charge in [0.15, 0.2) is 0 Å².